The van der Waals surface area contributed by atoms with E-state index < -0.39 is 10.8 Å². The Morgan fingerprint density at radius 2 is 0.477 bits per heavy atom. The Kier molecular flexibility index (Phi) is 15.8. The molecule has 20 aromatic carbocycles. The molecule has 8 heteroatoms. The fourth-order valence-corrected chi connectivity index (χ4v) is 23.7. The van der Waals surface area contributed by atoms with Gasteiger partial charge in [0.2, 0.25) is 0 Å². The Labute approximate surface area is 760 Å². The molecule has 0 unspecified atom stereocenters. The first-order chi connectivity index (χ1) is 65.4. The molecule has 28 rings (SSSR count). The minimum absolute atomic E-state index is 0.758. The first-order valence-electron chi connectivity index (χ1n) is 45.4. The maximum atomic E-state index is 7.82. The number of nitrogens with zero attached hydrogens (tertiary/aromatic N) is 4. The molecular formula is C124H78N4O4. The quantitative estimate of drug-likeness (QED) is 0.113. The first kappa shape index (κ1) is 73.9. The summed E-state index contributed by atoms with van der Waals surface area (Å²) in [5, 5.41) is 8.16. The van der Waals surface area contributed by atoms with Crippen LogP contribution in [0.3, 0.4) is 0 Å². The Morgan fingerprint density at radius 3 is 0.902 bits per heavy atom. The summed E-state index contributed by atoms with van der Waals surface area (Å²) in [5.41, 5.74) is 39.2. The van der Waals surface area contributed by atoms with Crippen molar-refractivity contribution in [2.24, 2.45) is 0 Å². The maximum Gasteiger partial charge on any atom is 0.160 e. The molecule has 0 aliphatic heterocycles. The van der Waals surface area contributed by atoms with E-state index in [-0.39, 0.29) is 0 Å². The van der Waals surface area contributed by atoms with Gasteiger partial charge >= 0.3 is 0 Å². The first-order valence-corrected chi connectivity index (χ1v) is 45.4. The third-order valence-corrected chi connectivity index (χ3v) is 28.9. The van der Waals surface area contributed by atoms with E-state index in [9.17, 15) is 0 Å². The molecule has 4 heterocycles. The number of hydrogen-bond donors (Lipinski definition) is 0. The maximum absolute atomic E-state index is 7.82. The van der Waals surface area contributed by atoms with E-state index in [1.54, 1.807) is 0 Å². The number of para-hydroxylation sites is 10. The summed E-state index contributed by atoms with van der Waals surface area (Å²) >= 11 is 0. The molecule has 0 fully saturated rings. The predicted octanol–water partition coefficient (Wildman–Crippen LogP) is 34.1. The van der Waals surface area contributed by atoms with Gasteiger partial charge in [-0.2, -0.15) is 0 Å². The van der Waals surface area contributed by atoms with Crippen molar-refractivity contribution in [1.29, 1.82) is 0 Å². The Bertz CT molecular complexity index is 8840. The summed E-state index contributed by atoms with van der Waals surface area (Å²) in [6, 6.07) is 160. The van der Waals surface area contributed by atoms with Crippen LogP contribution in [0.15, 0.2) is 454 Å². The molecule has 4 aliphatic rings. The highest BCUT2D eigenvalue weighted by Gasteiger charge is 2.57. The fraction of sp³-hybridized carbons (Fsp3) is 0.0323. The van der Waals surface area contributed by atoms with E-state index in [2.05, 4.69) is 470 Å². The molecule has 2 spiro atoms. The van der Waals surface area contributed by atoms with Gasteiger partial charge in [-0.05, 0) is 236 Å². The lowest BCUT2D eigenvalue weighted by Crippen LogP contribution is -2.26. The normalized spacial score (nSPS) is 13.2. The largest absolute Gasteiger partial charge is 0.455 e. The van der Waals surface area contributed by atoms with Crippen molar-refractivity contribution in [1.82, 2.24) is 0 Å². The van der Waals surface area contributed by atoms with Crippen molar-refractivity contribution in [3.63, 3.8) is 0 Å². The summed E-state index contributed by atoms with van der Waals surface area (Å²) in [5.74, 6) is 0. The van der Waals surface area contributed by atoms with Gasteiger partial charge in [0, 0.05) is 100 Å². The molecule has 0 saturated carbocycles. The zero-order valence-electron chi connectivity index (χ0n) is 72.0. The van der Waals surface area contributed by atoms with Gasteiger partial charge in [-0.1, -0.05) is 303 Å². The summed E-state index contributed by atoms with van der Waals surface area (Å²) in [7, 11) is 0. The number of anilines is 12. The molecule has 8 nitrogen and oxygen atoms in total. The van der Waals surface area contributed by atoms with Crippen LogP contribution in [-0.4, -0.2) is 0 Å². The van der Waals surface area contributed by atoms with Gasteiger partial charge < -0.3 is 37.3 Å². The van der Waals surface area contributed by atoms with Crippen LogP contribution >= 0.6 is 0 Å². The summed E-state index contributed by atoms with van der Waals surface area (Å²) in [6.45, 7) is 4.52. The number of rotatable bonds is 13. The van der Waals surface area contributed by atoms with Crippen LogP contribution in [-0.2, 0) is 10.8 Å². The van der Waals surface area contributed by atoms with Crippen molar-refractivity contribution in [3.05, 3.63) is 492 Å². The molecular weight excluding hydrogens is 1610 g/mol. The molecule has 0 atom stereocenters. The number of benzene rings is 20. The van der Waals surface area contributed by atoms with Crippen molar-refractivity contribution in [2.75, 3.05) is 19.6 Å². The van der Waals surface area contributed by atoms with Crippen LogP contribution < -0.4 is 19.6 Å². The highest BCUT2D eigenvalue weighted by Crippen LogP contribution is 2.71. The van der Waals surface area contributed by atoms with Crippen LogP contribution in [0.5, 0.6) is 0 Å². The second-order valence-electron chi connectivity index (χ2n) is 35.5. The van der Waals surface area contributed by atoms with Gasteiger partial charge in [-0.3, -0.25) is 0 Å². The molecule has 4 aromatic heterocycles. The molecule has 132 heavy (non-hydrogen) atoms. The number of hydrogen-bond acceptors (Lipinski definition) is 8. The third-order valence-electron chi connectivity index (χ3n) is 28.9. The zero-order valence-corrected chi connectivity index (χ0v) is 72.0. The van der Waals surface area contributed by atoms with Gasteiger partial charge in [0.15, 0.2) is 11.2 Å². The van der Waals surface area contributed by atoms with Crippen LogP contribution in [0.1, 0.15) is 55.6 Å². The van der Waals surface area contributed by atoms with Gasteiger partial charge in [0.05, 0.1) is 44.4 Å². The van der Waals surface area contributed by atoms with Crippen molar-refractivity contribution >= 4 is 156 Å². The second-order valence-corrected chi connectivity index (χ2v) is 35.5. The highest BCUT2D eigenvalue weighted by molar-refractivity contribution is 6.29. The third kappa shape index (κ3) is 10.1. The molecule has 618 valence electrons. The fourth-order valence-electron chi connectivity index (χ4n) is 23.7. The van der Waals surface area contributed by atoms with Gasteiger partial charge in [-0.25, -0.2) is 0 Å². The summed E-state index contributed by atoms with van der Waals surface area (Å²) < 4.78 is 30.7. The van der Waals surface area contributed by atoms with Gasteiger partial charge in [0.25, 0.3) is 0 Å². The topological polar surface area (TPSA) is 65.5 Å². The molecule has 0 radical (unpaired) electrons. The lowest BCUT2D eigenvalue weighted by Gasteiger charge is -2.34. The molecule has 0 bridgehead atoms. The Hall–Kier alpha value is -17.2. The lowest BCUT2D eigenvalue weighted by molar-refractivity contribution is 0.668. The van der Waals surface area contributed by atoms with E-state index in [0.717, 1.165) is 223 Å². The average Bonchev–Trinajstić information content (AvgIpc) is 1.49. The van der Waals surface area contributed by atoms with Crippen molar-refractivity contribution in [2.45, 2.75) is 24.7 Å². The van der Waals surface area contributed by atoms with Gasteiger partial charge in [-0.15, -0.1) is 0 Å². The van der Waals surface area contributed by atoms with Crippen molar-refractivity contribution in [3.8, 4) is 55.6 Å². The number of aryl methyl sites for hydroxylation is 1. The number of fused-ring (bicyclic) bond motifs is 36. The van der Waals surface area contributed by atoms with E-state index in [1.807, 2.05) is 0 Å². The number of furan rings is 4. The minimum atomic E-state index is -0.916. The molecule has 0 amide bonds. The molecule has 0 saturated heterocycles. The zero-order chi connectivity index (χ0) is 86.8. The lowest BCUT2D eigenvalue weighted by atomic mass is 9.70. The second kappa shape index (κ2) is 28.1. The summed E-state index contributed by atoms with van der Waals surface area (Å²) in [6.07, 6.45) is 0. The monoisotopic (exact) mass is 1690 g/mol. The highest BCUT2D eigenvalue weighted by atomic mass is 16.3. The Morgan fingerprint density at radius 1 is 0.189 bits per heavy atom. The van der Waals surface area contributed by atoms with Crippen LogP contribution in [0.25, 0.3) is 143 Å². The SMILES string of the molecule is Cc1ccccc1N(c1ccccc1)c1cc2c(c3c1oc1ccccc13)-c1c(cc(N(c3ccccc3)c3cccc(-c4cccc(N(c5ccccc5)c5cc6c(c7c5oc5ccccc57)-c5c(cc(N(c7ccccc7)c7ccccc7)c7c5oc5ccccc57)C65c6ccccc6-c6ccccc65)c4)c3C)c3c1oc1ccccc13)C21c2ccccc2-c2ccccc21. The smallest absolute Gasteiger partial charge is 0.160 e. The van der Waals surface area contributed by atoms with Crippen LogP contribution in [0.4, 0.5) is 68.2 Å². The minimum Gasteiger partial charge on any atom is -0.455 e. The van der Waals surface area contributed by atoms with Crippen LogP contribution in [0.2, 0.25) is 0 Å². The average molecular weight is 1690 g/mol. The predicted molar refractivity (Wildman–Crippen MR) is 542 cm³/mol. The molecule has 0 N–H and O–H groups in total. The van der Waals surface area contributed by atoms with Crippen LogP contribution in [0, 0.1) is 13.8 Å². The van der Waals surface area contributed by atoms with E-state index in [0.29, 0.717) is 0 Å². The summed E-state index contributed by atoms with van der Waals surface area (Å²) in [4.78, 5) is 9.83. The van der Waals surface area contributed by atoms with E-state index >= 15 is 0 Å². The molecule has 4 aliphatic carbocycles. The standard InChI is InChI=1S/C124H78N4O4/c1-75-38-18-31-64-101(75)127(81-46-14-6-15-47-81)106-74-98-116(114-92-58-26-35-69-110(92)130-120(106)114)118-100(124(98)95-62-29-21-53-87(95)88-54-22-30-63-96(88)124)72-104(112-90-56-24-33-67-108(90)132-122(112)118)128(82-48-16-7-17-49-82)102-65-37-59-84(76(102)2)77-39-36-50-83(70-77)126(80-44-12-5-13-45-80)105-73-97-115(113-91-57-25-34-68-109(91)129-119(105)113)117-99(123(97)93-60-27-19-51-85(93)86-52-20-28-61-94(86)123)71-103(111-89-55-23-32-66-107(89)131-121(111)117)125(78-40-8-3-9-41-78)79-42-10-4-11-43-79/h3-74H,1-2H3. The molecule has 24 aromatic rings. The van der Waals surface area contributed by atoms with E-state index in [1.165, 1.54) is 44.5 Å². The van der Waals surface area contributed by atoms with E-state index in [4.69, 9.17) is 17.7 Å². The van der Waals surface area contributed by atoms with Crippen molar-refractivity contribution < 1.29 is 17.7 Å². The van der Waals surface area contributed by atoms with Gasteiger partial charge in [0.1, 0.15) is 33.5 Å². The Balaban J connectivity index is 0.685.